The lowest BCUT2D eigenvalue weighted by Gasteiger charge is -2.22. The van der Waals surface area contributed by atoms with E-state index < -0.39 is 0 Å². The Morgan fingerprint density at radius 1 is 0.811 bits per heavy atom. The molecule has 7 heterocycles. The number of piperidine rings is 1. The van der Waals surface area contributed by atoms with Crippen LogP contribution in [0.1, 0.15) is 18.4 Å². The standard InChI is InChI=1S/C28H25N9/c1-6-29-7-2-17(1)11-18-12-20(15-31-14-18)23-13-21-24(16-33-23)36-37-26(21)28-34-22-5-10-32-25(27(22)35-28)19-3-8-30-9-4-19/h3-5,8-10,12-17,29H,1-2,6-7,11H2,(H,34,35)(H,36,37). The lowest BCUT2D eigenvalue weighted by Crippen LogP contribution is -2.28. The van der Waals surface area contributed by atoms with Crippen molar-refractivity contribution in [3.8, 4) is 34.0 Å². The van der Waals surface area contributed by atoms with Crippen LogP contribution < -0.4 is 5.32 Å². The molecule has 0 aliphatic carbocycles. The Balaban J connectivity index is 1.26. The zero-order valence-electron chi connectivity index (χ0n) is 20.1. The van der Waals surface area contributed by atoms with E-state index in [0.717, 1.165) is 69.7 Å². The van der Waals surface area contributed by atoms with Gasteiger partial charge in [0, 0.05) is 47.5 Å². The van der Waals surface area contributed by atoms with Crippen molar-refractivity contribution < 1.29 is 0 Å². The average Bonchev–Trinajstić information content (AvgIpc) is 3.58. The van der Waals surface area contributed by atoms with E-state index >= 15 is 0 Å². The Hall–Kier alpha value is -4.50. The molecule has 7 rings (SSSR count). The molecule has 0 unspecified atom stereocenters. The van der Waals surface area contributed by atoms with Crippen LogP contribution in [-0.4, -0.2) is 53.2 Å². The SMILES string of the molecule is c1cc(-c2nccc3[nH]c(-c4n[nH]c5cnc(-c6cncc(CC7CCNCC7)c6)cc45)nc23)ccn1. The summed E-state index contributed by atoms with van der Waals surface area (Å²) in [6, 6.07) is 10.1. The Morgan fingerprint density at radius 2 is 1.70 bits per heavy atom. The normalized spacial score (nSPS) is 14.5. The Bertz CT molecular complexity index is 1700. The molecule has 0 amide bonds. The third-order valence-electron chi connectivity index (χ3n) is 7.10. The molecule has 0 radical (unpaired) electrons. The Labute approximate surface area is 212 Å². The molecule has 1 aliphatic rings. The minimum atomic E-state index is 0.680. The van der Waals surface area contributed by atoms with E-state index in [-0.39, 0.29) is 0 Å². The number of aromatic nitrogens is 8. The summed E-state index contributed by atoms with van der Waals surface area (Å²) in [5.74, 6) is 1.38. The number of hydrogen-bond donors (Lipinski definition) is 3. The zero-order valence-corrected chi connectivity index (χ0v) is 20.1. The van der Waals surface area contributed by atoms with Crippen molar-refractivity contribution in [3.63, 3.8) is 0 Å². The van der Waals surface area contributed by atoms with Crippen molar-refractivity contribution in [1.82, 2.24) is 45.4 Å². The number of H-pyrrole nitrogens is 2. The van der Waals surface area contributed by atoms with Crippen LogP contribution in [-0.2, 0) is 6.42 Å². The van der Waals surface area contributed by atoms with Gasteiger partial charge in [0.1, 0.15) is 11.2 Å². The molecule has 9 heteroatoms. The smallest absolute Gasteiger partial charge is 0.159 e. The van der Waals surface area contributed by atoms with Gasteiger partial charge in [-0.25, -0.2) is 4.98 Å². The number of rotatable bonds is 5. The van der Waals surface area contributed by atoms with Crippen molar-refractivity contribution in [2.24, 2.45) is 5.92 Å². The third kappa shape index (κ3) is 4.13. The fraction of sp³-hybridized carbons (Fsp3) is 0.214. The number of imidazole rings is 1. The van der Waals surface area contributed by atoms with E-state index in [1.807, 2.05) is 36.8 Å². The van der Waals surface area contributed by atoms with E-state index in [2.05, 4.69) is 47.6 Å². The predicted octanol–water partition coefficient (Wildman–Crippen LogP) is 4.56. The molecule has 0 atom stereocenters. The molecule has 0 bridgehead atoms. The van der Waals surface area contributed by atoms with E-state index in [9.17, 15) is 0 Å². The molecule has 0 saturated carbocycles. The fourth-order valence-corrected chi connectivity index (χ4v) is 5.18. The molecule has 6 aromatic rings. The van der Waals surface area contributed by atoms with Gasteiger partial charge in [0.25, 0.3) is 0 Å². The van der Waals surface area contributed by atoms with Gasteiger partial charge in [-0.05, 0) is 74.2 Å². The summed E-state index contributed by atoms with van der Waals surface area (Å²) in [5.41, 5.74) is 8.20. The van der Waals surface area contributed by atoms with Gasteiger partial charge in [0.05, 0.1) is 28.6 Å². The topological polar surface area (TPSA) is 121 Å². The lowest BCUT2D eigenvalue weighted by molar-refractivity contribution is 0.372. The summed E-state index contributed by atoms with van der Waals surface area (Å²) in [5, 5.41) is 12.1. The summed E-state index contributed by atoms with van der Waals surface area (Å²) < 4.78 is 0. The second-order valence-corrected chi connectivity index (χ2v) is 9.54. The van der Waals surface area contributed by atoms with Crippen LogP contribution in [0.25, 0.3) is 56.0 Å². The summed E-state index contributed by atoms with van der Waals surface area (Å²) in [6.07, 6.45) is 14.5. The van der Waals surface area contributed by atoms with E-state index in [4.69, 9.17) is 9.97 Å². The largest absolute Gasteiger partial charge is 0.336 e. The van der Waals surface area contributed by atoms with Crippen molar-refractivity contribution in [2.45, 2.75) is 19.3 Å². The second-order valence-electron chi connectivity index (χ2n) is 9.54. The van der Waals surface area contributed by atoms with Gasteiger partial charge in [-0.3, -0.25) is 25.0 Å². The van der Waals surface area contributed by atoms with Gasteiger partial charge >= 0.3 is 0 Å². The van der Waals surface area contributed by atoms with Crippen LogP contribution in [0.2, 0.25) is 0 Å². The number of nitrogens with zero attached hydrogens (tertiary/aromatic N) is 6. The molecule has 9 nitrogen and oxygen atoms in total. The first-order valence-corrected chi connectivity index (χ1v) is 12.6. The zero-order chi connectivity index (χ0) is 24.6. The highest BCUT2D eigenvalue weighted by molar-refractivity contribution is 5.96. The van der Waals surface area contributed by atoms with Crippen LogP contribution in [0.4, 0.5) is 0 Å². The molecule has 6 aromatic heterocycles. The summed E-state index contributed by atoms with van der Waals surface area (Å²) in [4.78, 5) is 26.3. The van der Waals surface area contributed by atoms with Crippen molar-refractivity contribution in [1.29, 1.82) is 0 Å². The molecule has 1 aliphatic heterocycles. The van der Waals surface area contributed by atoms with Gasteiger partial charge in [0.2, 0.25) is 0 Å². The minimum absolute atomic E-state index is 0.680. The molecule has 0 aromatic carbocycles. The van der Waals surface area contributed by atoms with Gasteiger partial charge in [0.15, 0.2) is 5.82 Å². The van der Waals surface area contributed by atoms with E-state index in [0.29, 0.717) is 11.7 Å². The first-order valence-electron chi connectivity index (χ1n) is 12.6. The van der Waals surface area contributed by atoms with Crippen LogP contribution in [0.5, 0.6) is 0 Å². The average molecular weight is 488 g/mol. The molecular formula is C28H25N9. The predicted molar refractivity (Wildman–Crippen MR) is 143 cm³/mol. The highest BCUT2D eigenvalue weighted by Crippen LogP contribution is 2.31. The molecular weight excluding hydrogens is 462 g/mol. The third-order valence-corrected chi connectivity index (χ3v) is 7.10. The van der Waals surface area contributed by atoms with Gasteiger partial charge in [-0.2, -0.15) is 5.10 Å². The number of pyridine rings is 4. The van der Waals surface area contributed by atoms with Crippen LogP contribution in [0.3, 0.4) is 0 Å². The number of aromatic amines is 2. The number of nitrogens with one attached hydrogen (secondary N) is 3. The minimum Gasteiger partial charge on any atom is -0.336 e. The van der Waals surface area contributed by atoms with Crippen LogP contribution in [0, 0.1) is 5.92 Å². The lowest BCUT2D eigenvalue weighted by atomic mass is 9.91. The van der Waals surface area contributed by atoms with Gasteiger partial charge in [-0.15, -0.1) is 0 Å². The summed E-state index contributed by atoms with van der Waals surface area (Å²) >= 11 is 0. The molecule has 37 heavy (non-hydrogen) atoms. The van der Waals surface area contributed by atoms with Crippen LogP contribution in [0.15, 0.2) is 67.5 Å². The summed E-state index contributed by atoms with van der Waals surface area (Å²) in [6.45, 7) is 2.20. The maximum atomic E-state index is 4.90. The second kappa shape index (κ2) is 9.18. The monoisotopic (exact) mass is 487 g/mol. The first kappa shape index (κ1) is 21.8. The van der Waals surface area contributed by atoms with Crippen molar-refractivity contribution >= 4 is 21.9 Å². The quantitative estimate of drug-likeness (QED) is 0.326. The Morgan fingerprint density at radius 3 is 2.59 bits per heavy atom. The van der Waals surface area contributed by atoms with Gasteiger partial charge < -0.3 is 10.3 Å². The fourth-order valence-electron chi connectivity index (χ4n) is 5.18. The molecule has 1 saturated heterocycles. The van der Waals surface area contributed by atoms with Gasteiger partial charge in [-0.1, -0.05) is 0 Å². The maximum Gasteiger partial charge on any atom is 0.159 e. The highest BCUT2D eigenvalue weighted by Gasteiger charge is 2.18. The molecule has 3 N–H and O–H groups in total. The van der Waals surface area contributed by atoms with Crippen LogP contribution >= 0.6 is 0 Å². The molecule has 1 fully saturated rings. The maximum absolute atomic E-state index is 4.90. The van der Waals surface area contributed by atoms with Crippen molar-refractivity contribution in [3.05, 3.63) is 73.1 Å². The number of hydrogen-bond acceptors (Lipinski definition) is 7. The number of fused-ring (bicyclic) bond motifs is 2. The van der Waals surface area contributed by atoms with E-state index in [1.165, 1.54) is 18.4 Å². The first-order chi connectivity index (χ1) is 18.3. The molecule has 182 valence electrons. The van der Waals surface area contributed by atoms with E-state index in [1.54, 1.807) is 18.6 Å². The van der Waals surface area contributed by atoms with Crippen molar-refractivity contribution in [2.75, 3.05) is 13.1 Å². The highest BCUT2D eigenvalue weighted by atomic mass is 15.1. The molecule has 0 spiro atoms. The Kier molecular flexibility index (Phi) is 5.40. The summed E-state index contributed by atoms with van der Waals surface area (Å²) in [7, 11) is 0.